The van der Waals surface area contributed by atoms with Crippen molar-refractivity contribution in [2.75, 3.05) is 153 Å². The normalized spacial score (nSPS) is 14.0. The second-order valence-corrected chi connectivity index (χ2v) is 85.1. The Bertz CT molecular complexity index is 2390. The first-order valence-corrected chi connectivity index (χ1v) is 90.4. The van der Waals surface area contributed by atoms with Crippen LogP contribution in [0.5, 0.6) is 0 Å². The lowest BCUT2D eigenvalue weighted by molar-refractivity contribution is 0.0704. The highest BCUT2D eigenvalue weighted by atomic mass is 33.7. The molecule has 4 atom stereocenters. The molecule has 0 aliphatic rings. The van der Waals surface area contributed by atoms with Gasteiger partial charge in [0.25, 0.3) is 0 Å². The molecule has 0 saturated heterocycles. The third-order valence-corrected chi connectivity index (χ3v) is 83.1. The first-order valence-electron chi connectivity index (χ1n) is 48.9. The van der Waals surface area contributed by atoms with Crippen molar-refractivity contribution < 1.29 is 79.7 Å². The molecule has 0 spiro atoms. The Morgan fingerprint density at radius 1 is 0.220 bits per heavy atom. The summed E-state index contributed by atoms with van der Waals surface area (Å²) < 4.78 is 116. The molecule has 0 N–H and O–H groups in total. The van der Waals surface area contributed by atoms with Gasteiger partial charge in [-0.2, -0.15) is 0 Å². The van der Waals surface area contributed by atoms with Crippen LogP contribution >= 0.6 is 247 Å². The van der Waals surface area contributed by atoms with Crippen molar-refractivity contribution in [1.29, 1.82) is 0 Å². The third-order valence-electron chi connectivity index (χ3n) is 20.0. The van der Waals surface area contributed by atoms with Gasteiger partial charge in [-0.05, 0) is 351 Å². The maximum Gasteiger partial charge on any atom is 0.500 e. The zero-order valence-electron chi connectivity index (χ0n) is 85.4. The Hall–Kier alpha value is 8.72. The predicted octanol–water partition coefficient (Wildman–Crippen LogP) is 37.0. The molecule has 0 amide bonds. The van der Waals surface area contributed by atoms with Gasteiger partial charge in [-0.25, -0.2) is 0 Å². The predicted molar refractivity (Wildman–Crippen MR) is 646 cm³/mol. The van der Waals surface area contributed by atoms with E-state index in [0.29, 0.717) is 131 Å². The van der Waals surface area contributed by atoms with Crippen LogP contribution in [0, 0.1) is 29.6 Å². The lowest BCUT2D eigenvalue weighted by Crippen LogP contribution is -2.46. The Balaban J connectivity index is 9.39. The van der Waals surface area contributed by atoms with Crippen molar-refractivity contribution in [2.24, 2.45) is 29.6 Å². The van der Waals surface area contributed by atoms with Gasteiger partial charge >= 0.3 is 52.8 Å². The minimum absolute atomic E-state index is 0.370. The van der Waals surface area contributed by atoms with E-state index >= 15 is 0 Å². The SMILES string of the molecule is CCO[Si](CCCSSSSC(SSSSCCC[Si](OCC)(OCC)OCC)=C(C)C(SSSSCCC[Si](OCC)(OCC)OCC)(SSSSCCC[Si](OCC)(OCC)OCC)C(CC(C)CCCC(C)CCCCC(C)CCCC(C)CCCC(C)C)(SSSSCCC[Si](OCC)(OCC)OCC)SSSSCCC[Si](OCC)(OCC)OCC)(OCC)OCC. The first kappa shape index (κ1) is 141. The number of unbranched alkanes of at least 4 members (excludes halogenated alkanes) is 1. The van der Waals surface area contributed by atoms with E-state index in [9.17, 15) is 0 Å². The molecule has 0 aliphatic heterocycles. The van der Waals surface area contributed by atoms with Crippen LogP contribution in [0.15, 0.2) is 9.81 Å². The van der Waals surface area contributed by atoms with Crippen LogP contribution in [0.1, 0.15) is 302 Å². The van der Waals surface area contributed by atoms with E-state index in [0.717, 1.165) is 140 Å². The molecule has 0 rings (SSSR count). The largest absolute Gasteiger partial charge is 0.500 e. The van der Waals surface area contributed by atoms with Crippen LogP contribution in [0.2, 0.25) is 36.3 Å². The molecule has 0 aromatic heterocycles. The molecule has 48 heteroatoms. The van der Waals surface area contributed by atoms with Gasteiger partial charge in [0.15, 0.2) is 0 Å². The van der Waals surface area contributed by atoms with E-state index in [1.54, 1.807) is 0 Å². The number of rotatable bonds is 105. The summed E-state index contributed by atoms with van der Waals surface area (Å²) >= 11 is 0. The third kappa shape index (κ3) is 66.0. The Morgan fingerprint density at radius 3 is 0.621 bits per heavy atom. The van der Waals surface area contributed by atoms with Crippen LogP contribution in [0.4, 0.5) is 0 Å². The highest BCUT2D eigenvalue weighted by Crippen LogP contribution is 2.77. The van der Waals surface area contributed by atoms with E-state index in [-0.39, 0.29) is 0 Å². The highest BCUT2D eigenvalue weighted by molar-refractivity contribution is 9.32. The molecule has 0 heterocycles. The van der Waals surface area contributed by atoms with Gasteiger partial charge in [0.2, 0.25) is 0 Å². The van der Waals surface area contributed by atoms with E-state index in [1.807, 2.05) is 246 Å². The molecule has 792 valence electrons. The average molecular weight is 2420 g/mol. The van der Waals surface area contributed by atoms with Gasteiger partial charge in [0.05, 0.1) is 4.24 Å². The molecule has 0 saturated carbocycles. The van der Waals surface area contributed by atoms with Gasteiger partial charge in [-0.15, -0.1) is 0 Å². The van der Waals surface area contributed by atoms with Crippen molar-refractivity contribution >= 4 is 300 Å². The summed E-state index contributed by atoms with van der Waals surface area (Å²) in [6.45, 7) is 64.4. The molecule has 0 fully saturated rings. The van der Waals surface area contributed by atoms with Crippen LogP contribution in [0.25, 0.3) is 0 Å². The van der Waals surface area contributed by atoms with Crippen molar-refractivity contribution in [1.82, 2.24) is 0 Å². The van der Waals surface area contributed by atoms with Gasteiger partial charge in [0, 0.05) is 190 Å². The number of hydrogen-bond acceptors (Lipinski definition) is 42. The summed E-state index contributed by atoms with van der Waals surface area (Å²) in [4.78, 5) is 0. The Labute approximate surface area is 907 Å². The summed E-state index contributed by atoms with van der Waals surface area (Å²) in [5.74, 6) is 9.03. The summed E-state index contributed by atoms with van der Waals surface area (Å²) in [5, 5.41) is 0. The van der Waals surface area contributed by atoms with Gasteiger partial charge in [-0.1, -0.05) is 233 Å². The molecular weight excluding hydrogens is 2240 g/mol. The number of hydrogen-bond donors (Lipinski definition) is 0. The molecular formula is C84H180O18S24Si6. The second kappa shape index (κ2) is 93.3. The molecule has 0 radical (unpaired) electrons. The van der Waals surface area contributed by atoms with Crippen molar-refractivity contribution in [3.05, 3.63) is 9.81 Å². The van der Waals surface area contributed by atoms with Gasteiger partial charge in [-0.3, -0.25) is 0 Å². The molecule has 4 unspecified atom stereocenters. The Morgan fingerprint density at radius 2 is 0.409 bits per heavy atom. The van der Waals surface area contributed by atoms with Gasteiger partial charge in [0.1, 0.15) is 8.16 Å². The van der Waals surface area contributed by atoms with E-state index in [2.05, 4.69) is 175 Å². The highest BCUT2D eigenvalue weighted by Gasteiger charge is 2.59. The van der Waals surface area contributed by atoms with Crippen molar-refractivity contribution in [3.63, 3.8) is 0 Å². The molecule has 18 nitrogen and oxygen atoms in total. The van der Waals surface area contributed by atoms with Crippen LogP contribution in [0.3, 0.4) is 0 Å². The van der Waals surface area contributed by atoms with E-state index < -0.39 is 61.0 Å². The van der Waals surface area contributed by atoms with Crippen molar-refractivity contribution in [3.8, 4) is 0 Å². The topological polar surface area (TPSA) is 166 Å². The fourth-order valence-electron chi connectivity index (χ4n) is 14.4. The minimum atomic E-state index is -2.87. The summed E-state index contributed by atoms with van der Waals surface area (Å²) in [6, 6.07) is 4.66. The molecule has 132 heavy (non-hydrogen) atoms. The lowest BCUT2D eigenvalue weighted by atomic mass is 9.90. The van der Waals surface area contributed by atoms with Crippen LogP contribution < -0.4 is 0 Å². The zero-order valence-corrected chi connectivity index (χ0v) is 111. The second-order valence-electron chi connectivity index (χ2n) is 31.1. The van der Waals surface area contributed by atoms with E-state index in [1.165, 1.54) is 86.9 Å². The van der Waals surface area contributed by atoms with Gasteiger partial charge < -0.3 is 79.7 Å². The van der Waals surface area contributed by atoms with Crippen LogP contribution in [-0.2, 0) is 79.7 Å². The Kier molecular flexibility index (Phi) is 99.5. The summed E-state index contributed by atoms with van der Waals surface area (Å²) in [7, 11) is 29.9. The quantitative estimate of drug-likeness (QED) is 0.0244. The summed E-state index contributed by atoms with van der Waals surface area (Å²) in [5.41, 5.74) is 1.38. The maximum absolute atomic E-state index is 6.44. The standard InChI is InChI=1S/C84H180O18S24Si6/c1-26-85-127(86-27-2,87-28-3)69-49-63-103-115-121-109-82(110-122-116-104-64-50-70-128(88-29-4,89-30-5)90-31-6)81(25)84(113-125-119-107-67-53-73-131(97-38-13,98-39-14)99-40-15,114-126-120-108-68-54-74-132(100-41-16,101-42-17)102-43-18)83(111-123-117-105-65-51-71-129(91-32-7,92-33-8)93-34-9,112-124-118-106-66-52-72-130(94-35-10,95-36-11)96-37-12)75-80(24)62-48-61-78(22)57-45-44-56-77(21)59-47-60-79(23)58-46-55-76(19)20/h76-80H,26-75H2,1-25H3. The monoisotopic (exact) mass is 2410 g/mol. The fourth-order valence-corrected chi connectivity index (χ4v) is 80.2. The fraction of sp³-hybridized carbons (Fsp3) is 0.976. The minimum Gasteiger partial charge on any atom is -0.374 e. The maximum atomic E-state index is 6.44. The van der Waals surface area contributed by atoms with Crippen molar-refractivity contribution in [2.45, 2.75) is 346 Å². The smallest absolute Gasteiger partial charge is 0.374 e. The molecule has 0 aromatic carbocycles. The summed E-state index contributed by atoms with van der Waals surface area (Å²) in [6.07, 6.45) is 23.5. The lowest BCUT2D eigenvalue weighted by Gasteiger charge is -2.49. The first-order chi connectivity index (χ1) is 63.9. The molecule has 0 aliphatic carbocycles. The van der Waals surface area contributed by atoms with E-state index in [4.69, 9.17) is 79.7 Å². The van der Waals surface area contributed by atoms with Crippen LogP contribution in [-0.4, -0.2) is 214 Å². The molecule has 0 aromatic rings. The molecule has 0 bridgehead atoms. The average Bonchev–Trinajstić information content (AvgIpc) is 0.740. The zero-order chi connectivity index (χ0) is 98.1.